The van der Waals surface area contributed by atoms with Crippen LogP contribution < -0.4 is 9.44 Å². The smallest absolute Gasteiger partial charge is 0.422 e. The van der Waals surface area contributed by atoms with Crippen molar-refractivity contribution in [3.05, 3.63) is 27.7 Å². The van der Waals surface area contributed by atoms with Gasteiger partial charge in [0.25, 0.3) is 0 Å². The van der Waals surface area contributed by atoms with Crippen molar-refractivity contribution in [3.8, 4) is 0 Å². The van der Waals surface area contributed by atoms with Crippen LogP contribution in [0.2, 0.25) is 0 Å². The van der Waals surface area contributed by atoms with E-state index in [0.717, 1.165) is 18.2 Å². The van der Waals surface area contributed by atoms with E-state index in [-0.39, 0.29) is 0 Å². The summed E-state index contributed by atoms with van der Waals surface area (Å²) in [4.78, 5) is 10.9. The SMILES string of the molecule is COC(=O)NS(=O)(=O)Nc1c(C)cc(C)cc1Br. The molecule has 1 aromatic carbocycles. The molecule has 0 saturated carbocycles. The monoisotopic (exact) mass is 336 g/mol. The molecule has 2 N–H and O–H groups in total. The van der Waals surface area contributed by atoms with Gasteiger partial charge in [-0.25, -0.2) is 9.52 Å². The van der Waals surface area contributed by atoms with Crippen LogP contribution in [-0.4, -0.2) is 21.6 Å². The lowest BCUT2D eigenvalue weighted by atomic mass is 10.1. The van der Waals surface area contributed by atoms with Gasteiger partial charge in [-0.15, -0.1) is 0 Å². The van der Waals surface area contributed by atoms with Gasteiger partial charge in [0, 0.05) is 4.47 Å². The summed E-state index contributed by atoms with van der Waals surface area (Å²) < 4.78 is 32.0. The fourth-order valence-corrected chi connectivity index (χ4v) is 3.15. The van der Waals surface area contributed by atoms with Gasteiger partial charge < -0.3 is 4.74 Å². The van der Waals surface area contributed by atoms with E-state index >= 15 is 0 Å². The Balaban J connectivity index is 3.01. The molecule has 0 aromatic heterocycles. The van der Waals surface area contributed by atoms with Crippen LogP contribution >= 0.6 is 15.9 Å². The lowest BCUT2D eigenvalue weighted by Gasteiger charge is -2.13. The summed E-state index contributed by atoms with van der Waals surface area (Å²) in [6.45, 7) is 3.65. The average molecular weight is 337 g/mol. The van der Waals surface area contributed by atoms with Crippen molar-refractivity contribution in [2.75, 3.05) is 11.8 Å². The highest BCUT2D eigenvalue weighted by Gasteiger charge is 2.17. The molecule has 100 valence electrons. The standard InChI is InChI=1S/C10H13BrN2O4S/c1-6-4-7(2)9(8(11)5-6)12-18(15,16)13-10(14)17-3/h4-5,12H,1-3H3,(H,13,14). The highest BCUT2D eigenvalue weighted by Crippen LogP contribution is 2.28. The maximum Gasteiger partial charge on any atom is 0.422 e. The minimum Gasteiger partial charge on any atom is -0.452 e. The van der Waals surface area contributed by atoms with Crippen LogP contribution in [0.5, 0.6) is 0 Å². The second-order valence-electron chi connectivity index (χ2n) is 3.64. The number of methoxy groups -OCH3 is 1. The average Bonchev–Trinajstić information content (AvgIpc) is 2.22. The third-order valence-electron chi connectivity index (χ3n) is 2.07. The lowest BCUT2D eigenvalue weighted by Crippen LogP contribution is -2.35. The van der Waals surface area contributed by atoms with E-state index in [1.165, 1.54) is 0 Å². The van der Waals surface area contributed by atoms with Crippen LogP contribution in [0.4, 0.5) is 10.5 Å². The highest BCUT2D eigenvalue weighted by atomic mass is 79.9. The number of anilines is 1. The van der Waals surface area contributed by atoms with Gasteiger partial charge >= 0.3 is 16.3 Å². The molecule has 1 amide bonds. The molecule has 1 aromatic rings. The van der Waals surface area contributed by atoms with Crippen LogP contribution in [0, 0.1) is 13.8 Å². The van der Waals surface area contributed by atoms with Crippen LogP contribution in [0.3, 0.4) is 0 Å². The second-order valence-corrected chi connectivity index (χ2v) is 5.91. The Morgan fingerprint density at radius 1 is 1.33 bits per heavy atom. The number of amides is 1. The van der Waals surface area contributed by atoms with E-state index in [1.807, 2.05) is 13.0 Å². The number of rotatable bonds is 3. The number of nitrogens with one attached hydrogen (secondary N) is 2. The molecule has 0 atom stereocenters. The Hall–Kier alpha value is -1.28. The normalized spacial score (nSPS) is 10.9. The second kappa shape index (κ2) is 5.57. The summed E-state index contributed by atoms with van der Waals surface area (Å²) in [5, 5.41) is 0. The zero-order valence-corrected chi connectivity index (χ0v) is 12.5. The number of carbonyl (C=O) groups is 1. The van der Waals surface area contributed by atoms with Gasteiger partial charge in [-0.3, -0.25) is 4.72 Å². The summed E-state index contributed by atoms with van der Waals surface area (Å²) >= 11 is 3.26. The van der Waals surface area contributed by atoms with Gasteiger partial charge in [0.1, 0.15) is 0 Å². The van der Waals surface area contributed by atoms with Gasteiger partial charge in [-0.2, -0.15) is 8.42 Å². The molecule has 0 spiro atoms. The third-order valence-corrected chi connectivity index (χ3v) is 3.60. The van der Waals surface area contributed by atoms with Gasteiger partial charge in [0.15, 0.2) is 0 Å². The topological polar surface area (TPSA) is 84.5 Å². The summed E-state index contributed by atoms with van der Waals surface area (Å²) in [6, 6.07) is 3.59. The zero-order valence-electron chi connectivity index (χ0n) is 10.1. The molecule has 0 saturated heterocycles. The van der Waals surface area contributed by atoms with Crippen molar-refractivity contribution in [2.45, 2.75) is 13.8 Å². The number of halogens is 1. The van der Waals surface area contributed by atoms with E-state index < -0.39 is 16.3 Å². The molecule has 0 fully saturated rings. The van der Waals surface area contributed by atoms with Crippen LogP contribution in [-0.2, 0) is 14.9 Å². The summed E-state index contributed by atoms with van der Waals surface area (Å²) in [6.07, 6.45) is -1.05. The Morgan fingerprint density at radius 2 is 1.94 bits per heavy atom. The first-order valence-electron chi connectivity index (χ1n) is 4.90. The number of aryl methyl sites for hydroxylation is 2. The first-order chi connectivity index (χ1) is 8.25. The number of carbonyl (C=O) groups excluding carboxylic acids is 1. The van der Waals surface area contributed by atoms with E-state index in [9.17, 15) is 13.2 Å². The van der Waals surface area contributed by atoms with Gasteiger partial charge in [0.05, 0.1) is 12.8 Å². The molecule has 8 heteroatoms. The predicted molar refractivity (Wildman–Crippen MR) is 71.7 cm³/mol. The molecule has 0 unspecified atom stereocenters. The van der Waals surface area contributed by atoms with Crippen molar-refractivity contribution in [2.24, 2.45) is 0 Å². The highest BCUT2D eigenvalue weighted by molar-refractivity contribution is 9.10. The van der Waals surface area contributed by atoms with Gasteiger partial charge in [-0.1, -0.05) is 6.07 Å². The van der Waals surface area contributed by atoms with Gasteiger partial charge in [0.2, 0.25) is 0 Å². The number of ether oxygens (including phenoxy) is 1. The molecule has 0 heterocycles. The first-order valence-corrected chi connectivity index (χ1v) is 7.18. The lowest BCUT2D eigenvalue weighted by molar-refractivity contribution is 0.177. The van der Waals surface area contributed by atoms with Crippen LogP contribution in [0.25, 0.3) is 0 Å². The molecule has 0 aliphatic rings. The fourth-order valence-electron chi connectivity index (χ4n) is 1.36. The minimum atomic E-state index is -4.01. The number of hydrogen-bond acceptors (Lipinski definition) is 4. The summed E-state index contributed by atoms with van der Waals surface area (Å²) in [5.74, 6) is 0. The van der Waals surface area contributed by atoms with Crippen molar-refractivity contribution < 1.29 is 17.9 Å². The third kappa shape index (κ3) is 3.88. The Labute approximate surface area is 114 Å². The molecule has 6 nitrogen and oxygen atoms in total. The molecule has 0 bridgehead atoms. The van der Waals surface area contributed by atoms with Crippen LogP contribution in [0.1, 0.15) is 11.1 Å². The molecule has 0 aliphatic carbocycles. The van der Waals surface area contributed by atoms with E-state index in [0.29, 0.717) is 10.2 Å². The Bertz CT molecular complexity index is 548. The van der Waals surface area contributed by atoms with Crippen molar-refractivity contribution in [3.63, 3.8) is 0 Å². The number of hydrogen-bond donors (Lipinski definition) is 2. The van der Waals surface area contributed by atoms with Crippen molar-refractivity contribution in [1.29, 1.82) is 0 Å². The molecular weight excluding hydrogens is 324 g/mol. The summed E-state index contributed by atoms with van der Waals surface area (Å²) in [7, 11) is -2.93. The molecule has 0 radical (unpaired) electrons. The predicted octanol–water partition coefficient (Wildman–Crippen LogP) is 2.08. The molecule has 0 aliphatic heterocycles. The summed E-state index contributed by atoms with van der Waals surface area (Å²) in [5.41, 5.74) is 2.09. The number of benzene rings is 1. The molecular formula is C10H13BrN2O4S. The Morgan fingerprint density at radius 3 is 2.44 bits per heavy atom. The molecule has 1 rings (SSSR count). The first kappa shape index (κ1) is 14.8. The zero-order chi connectivity index (χ0) is 13.9. The van der Waals surface area contributed by atoms with E-state index in [1.54, 1.807) is 17.7 Å². The maximum atomic E-state index is 11.6. The Kier molecular flexibility index (Phi) is 4.58. The quantitative estimate of drug-likeness (QED) is 0.884. The minimum absolute atomic E-state index is 0.372. The molecule has 18 heavy (non-hydrogen) atoms. The van der Waals surface area contributed by atoms with Crippen molar-refractivity contribution >= 4 is 37.9 Å². The van der Waals surface area contributed by atoms with E-state index in [4.69, 9.17) is 0 Å². The van der Waals surface area contributed by atoms with Crippen LogP contribution in [0.15, 0.2) is 16.6 Å². The maximum absolute atomic E-state index is 11.6. The fraction of sp³-hybridized carbons (Fsp3) is 0.300. The van der Waals surface area contributed by atoms with E-state index in [2.05, 4.69) is 25.4 Å². The van der Waals surface area contributed by atoms with Gasteiger partial charge in [-0.05, 0) is 47.0 Å². The van der Waals surface area contributed by atoms with Crippen molar-refractivity contribution in [1.82, 2.24) is 4.72 Å². The largest absolute Gasteiger partial charge is 0.452 e.